The Balaban J connectivity index is 1.43. The summed E-state index contributed by atoms with van der Waals surface area (Å²) >= 11 is 1.51. The van der Waals surface area contributed by atoms with Crippen molar-refractivity contribution in [3.8, 4) is 0 Å². The number of quaternary nitrogens is 1. The molecule has 30 heavy (non-hydrogen) atoms. The van der Waals surface area contributed by atoms with Crippen LogP contribution in [-0.2, 0) is 11.3 Å². The predicted octanol–water partition coefficient (Wildman–Crippen LogP) is 2.49. The first kappa shape index (κ1) is 19.2. The average Bonchev–Trinajstić information content (AvgIpc) is 3.30. The van der Waals surface area contributed by atoms with Crippen molar-refractivity contribution in [3.63, 3.8) is 0 Å². The Labute approximate surface area is 180 Å². The fourth-order valence-corrected chi connectivity index (χ4v) is 5.01. The average molecular weight is 418 g/mol. The van der Waals surface area contributed by atoms with Crippen LogP contribution in [-0.4, -0.2) is 53.8 Å². The Morgan fingerprint density at radius 2 is 1.80 bits per heavy atom. The van der Waals surface area contributed by atoms with Crippen LogP contribution in [0.15, 0.2) is 70.7 Å². The first-order valence-corrected chi connectivity index (χ1v) is 11.2. The smallest absolute Gasteiger partial charge is 0.286 e. The molecule has 0 spiro atoms. The summed E-state index contributed by atoms with van der Waals surface area (Å²) in [7, 11) is 2.21. The van der Waals surface area contributed by atoms with Gasteiger partial charge in [0.1, 0.15) is 0 Å². The fraction of sp³-hybridized carbons (Fsp3) is 0.250. The normalized spacial score (nSPS) is 19.1. The topological polar surface area (TPSA) is 42.0 Å². The number of benzene rings is 2. The van der Waals surface area contributed by atoms with E-state index in [2.05, 4.69) is 76.2 Å². The van der Waals surface area contributed by atoms with Gasteiger partial charge in [-0.15, -0.1) is 0 Å². The van der Waals surface area contributed by atoms with Crippen LogP contribution in [0.4, 0.5) is 0 Å². The standard InChI is InChI=1S/C24H24N4OS/c1-26-11-13-27(14-12-26)24-25-23(29)22(30-24)15-19-17-28(16-18-7-3-2-4-8-18)21-10-6-5-9-20(19)21/h2-10,15,17H,11-14,16H2,1H3/p+1/b22-15-. The van der Waals surface area contributed by atoms with Crippen LogP contribution in [0.2, 0.25) is 0 Å². The number of carbonyl (C=O) groups excluding carboxylic acids is 1. The van der Waals surface area contributed by atoms with Gasteiger partial charge >= 0.3 is 0 Å². The van der Waals surface area contributed by atoms with Crippen molar-refractivity contribution in [2.75, 3.05) is 33.2 Å². The molecule has 0 unspecified atom stereocenters. The molecule has 3 aromatic rings. The molecule has 1 fully saturated rings. The summed E-state index contributed by atoms with van der Waals surface area (Å²) in [5, 5.41) is 2.01. The summed E-state index contributed by atoms with van der Waals surface area (Å²) in [6.07, 6.45) is 4.16. The minimum absolute atomic E-state index is 0.124. The number of likely N-dealkylation sites (N-methyl/N-ethyl adjacent to an activating group) is 1. The molecule has 2 aromatic carbocycles. The summed E-state index contributed by atoms with van der Waals surface area (Å²) in [6.45, 7) is 4.87. The van der Waals surface area contributed by atoms with Crippen molar-refractivity contribution in [1.82, 2.24) is 9.47 Å². The molecule has 2 aliphatic rings. The molecule has 2 aliphatic heterocycles. The zero-order chi connectivity index (χ0) is 20.5. The molecule has 1 saturated heterocycles. The molecule has 0 atom stereocenters. The Morgan fingerprint density at radius 3 is 2.60 bits per heavy atom. The van der Waals surface area contributed by atoms with Gasteiger partial charge in [-0.05, 0) is 29.5 Å². The van der Waals surface area contributed by atoms with Crippen molar-refractivity contribution in [3.05, 3.63) is 76.8 Å². The first-order chi connectivity index (χ1) is 14.7. The summed E-state index contributed by atoms with van der Waals surface area (Å²) in [5.74, 6) is -0.124. The molecule has 1 amide bonds. The van der Waals surface area contributed by atoms with Crippen molar-refractivity contribution in [2.24, 2.45) is 4.99 Å². The maximum absolute atomic E-state index is 12.6. The maximum atomic E-state index is 12.6. The van der Waals surface area contributed by atoms with Crippen molar-refractivity contribution >= 4 is 39.8 Å². The lowest BCUT2D eigenvalue weighted by molar-refractivity contribution is -0.883. The van der Waals surface area contributed by atoms with E-state index in [1.165, 1.54) is 27.7 Å². The third kappa shape index (κ3) is 3.80. The molecule has 5 rings (SSSR count). The highest BCUT2D eigenvalue weighted by molar-refractivity contribution is 8.18. The number of piperazine rings is 1. The number of nitrogens with zero attached hydrogens (tertiary/aromatic N) is 3. The lowest BCUT2D eigenvalue weighted by atomic mass is 10.1. The van der Waals surface area contributed by atoms with Gasteiger partial charge in [0.25, 0.3) is 5.91 Å². The second-order valence-electron chi connectivity index (χ2n) is 7.97. The number of nitrogens with one attached hydrogen (secondary N) is 1. The molecule has 1 N–H and O–H groups in total. The summed E-state index contributed by atoms with van der Waals surface area (Å²) in [5.41, 5.74) is 3.50. The number of amides is 1. The van der Waals surface area contributed by atoms with Gasteiger partial charge in [0.2, 0.25) is 0 Å². The molecular weight excluding hydrogens is 392 g/mol. The van der Waals surface area contributed by atoms with Gasteiger partial charge in [0.05, 0.1) is 38.1 Å². The third-order valence-electron chi connectivity index (χ3n) is 5.80. The van der Waals surface area contributed by atoms with E-state index >= 15 is 0 Å². The van der Waals surface area contributed by atoms with E-state index in [1.54, 1.807) is 0 Å². The quantitative estimate of drug-likeness (QED) is 0.666. The second-order valence-corrected chi connectivity index (χ2v) is 8.98. The fourth-order valence-electron chi connectivity index (χ4n) is 4.06. The summed E-state index contributed by atoms with van der Waals surface area (Å²) in [4.78, 5) is 21.4. The van der Waals surface area contributed by atoms with Gasteiger partial charge < -0.3 is 14.4 Å². The minimum atomic E-state index is -0.124. The molecule has 0 aliphatic carbocycles. The highest BCUT2D eigenvalue weighted by atomic mass is 32.2. The predicted molar refractivity (Wildman–Crippen MR) is 124 cm³/mol. The molecule has 0 bridgehead atoms. The minimum Gasteiger partial charge on any atom is -0.342 e. The van der Waals surface area contributed by atoms with Gasteiger partial charge in [0.15, 0.2) is 5.17 Å². The molecular formula is C24H25N4OS+. The van der Waals surface area contributed by atoms with Crippen LogP contribution >= 0.6 is 11.8 Å². The number of aromatic nitrogens is 1. The number of rotatable bonds is 3. The number of hydrogen-bond acceptors (Lipinski definition) is 3. The van der Waals surface area contributed by atoms with Gasteiger partial charge in [-0.2, -0.15) is 4.99 Å². The molecule has 6 heteroatoms. The SMILES string of the molecule is C[NH+]1CCN(C2=NC(=O)/C(=C/c3cn(Cc4ccccc4)c4ccccc34)S2)CC1. The number of para-hydroxylation sites is 1. The van der Waals surface area contributed by atoms with Crippen LogP contribution in [0.5, 0.6) is 0 Å². The Bertz CT molecular complexity index is 1140. The lowest BCUT2D eigenvalue weighted by Gasteiger charge is -2.30. The summed E-state index contributed by atoms with van der Waals surface area (Å²) in [6, 6.07) is 18.8. The molecule has 1 aromatic heterocycles. The van der Waals surface area contributed by atoms with Crippen LogP contribution in [0, 0.1) is 0 Å². The maximum Gasteiger partial charge on any atom is 0.286 e. The van der Waals surface area contributed by atoms with Gasteiger partial charge in [-0.3, -0.25) is 4.79 Å². The zero-order valence-corrected chi connectivity index (χ0v) is 17.9. The van der Waals surface area contributed by atoms with Crippen LogP contribution in [0.3, 0.4) is 0 Å². The van der Waals surface area contributed by atoms with Crippen molar-refractivity contribution in [2.45, 2.75) is 6.54 Å². The molecule has 5 nitrogen and oxygen atoms in total. The Morgan fingerprint density at radius 1 is 1.07 bits per heavy atom. The Kier molecular flexibility index (Phi) is 5.19. The first-order valence-electron chi connectivity index (χ1n) is 10.4. The van der Waals surface area contributed by atoms with E-state index < -0.39 is 0 Å². The monoisotopic (exact) mass is 417 g/mol. The van der Waals surface area contributed by atoms with Crippen LogP contribution in [0.25, 0.3) is 17.0 Å². The van der Waals surface area contributed by atoms with E-state index in [1.807, 2.05) is 12.1 Å². The lowest BCUT2D eigenvalue weighted by Crippen LogP contribution is -3.12. The molecule has 0 saturated carbocycles. The van der Waals surface area contributed by atoms with Crippen molar-refractivity contribution in [1.29, 1.82) is 0 Å². The van der Waals surface area contributed by atoms with E-state index in [-0.39, 0.29) is 5.91 Å². The highest BCUT2D eigenvalue weighted by Gasteiger charge is 2.29. The highest BCUT2D eigenvalue weighted by Crippen LogP contribution is 2.32. The van der Waals surface area contributed by atoms with E-state index in [9.17, 15) is 4.79 Å². The van der Waals surface area contributed by atoms with Crippen LogP contribution < -0.4 is 4.90 Å². The Hall–Kier alpha value is -2.83. The van der Waals surface area contributed by atoms with E-state index in [0.29, 0.717) is 4.91 Å². The number of amidine groups is 1. The number of aliphatic imine (C=N–C) groups is 1. The van der Waals surface area contributed by atoms with Gasteiger partial charge in [-0.1, -0.05) is 48.5 Å². The number of fused-ring (bicyclic) bond motifs is 1. The third-order valence-corrected chi connectivity index (χ3v) is 6.84. The number of carbonyl (C=O) groups is 1. The zero-order valence-electron chi connectivity index (χ0n) is 17.0. The molecule has 3 heterocycles. The van der Waals surface area contributed by atoms with E-state index in [4.69, 9.17) is 0 Å². The second kappa shape index (κ2) is 8.13. The van der Waals surface area contributed by atoms with Crippen LogP contribution in [0.1, 0.15) is 11.1 Å². The largest absolute Gasteiger partial charge is 0.342 e. The molecule has 0 radical (unpaired) electrons. The van der Waals surface area contributed by atoms with Crippen molar-refractivity contribution < 1.29 is 9.69 Å². The summed E-state index contributed by atoms with van der Waals surface area (Å²) < 4.78 is 2.26. The number of thioether (sulfide) groups is 1. The van der Waals surface area contributed by atoms with Gasteiger partial charge in [-0.25, -0.2) is 0 Å². The van der Waals surface area contributed by atoms with E-state index in [0.717, 1.165) is 48.8 Å². The number of hydrogen-bond donors (Lipinski definition) is 1. The van der Waals surface area contributed by atoms with Gasteiger partial charge in [0, 0.05) is 29.2 Å². The molecule has 152 valence electrons.